The standard InChI is InChI=1S/C36H40FN5O4/c1-22-23(2)38-34(39-28-14-12-27(37)13-15-28)41-32(22)42-19-18-26-21-29(16-17-30(26)24(42)3)45-33(43)31(20-25-10-8-7-9-11-25)40-35(44)46-36(4,5)6/h7-17,21,24,31H,18-20H2,1-6H3,(H,40,44)(H,38,39,41). The highest BCUT2D eigenvalue weighted by Gasteiger charge is 2.29. The van der Waals surface area contributed by atoms with Gasteiger partial charge in [0.1, 0.15) is 29.0 Å². The Balaban J connectivity index is 1.32. The summed E-state index contributed by atoms with van der Waals surface area (Å²) in [7, 11) is 0. The first-order valence-corrected chi connectivity index (χ1v) is 15.4. The summed E-state index contributed by atoms with van der Waals surface area (Å²) >= 11 is 0. The molecule has 240 valence electrons. The lowest BCUT2D eigenvalue weighted by molar-refractivity contribution is -0.136. The largest absolute Gasteiger partial charge is 0.444 e. The number of fused-ring (bicyclic) bond motifs is 1. The normalized spacial score (nSPS) is 15.0. The summed E-state index contributed by atoms with van der Waals surface area (Å²) < 4.78 is 24.6. The number of carbonyl (C=O) groups is 2. The second kappa shape index (κ2) is 13.6. The van der Waals surface area contributed by atoms with E-state index >= 15 is 0 Å². The molecule has 3 aromatic carbocycles. The highest BCUT2D eigenvalue weighted by Crippen LogP contribution is 2.36. The molecule has 4 aromatic rings. The smallest absolute Gasteiger partial charge is 0.408 e. The topological polar surface area (TPSA) is 106 Å². The van der Waals surface area contributed by atoms with Crippen LogP contribution in [-0.2, 0) is 22.4 Å². The molecule has 0 fully saturated rings. The Kier molecular flexibility index (Phi) is 9.55. The Labute approximate surface area is 269 Å². The number of alkyl carbamates (subject to hydrolysis) is 1. The molecule has 2 heterocycles. The van der Waals surface area contributed by atoms with Gasteiger partial charge in [0.05, 0.1) is 6.04 Å². The van der Waals surface area contributed by atoms with Gasteiger partial charge in [-0.2, -0.15) is 4.98 Å². The Bertz CT molecular complexity index is 1710. The Morgan fingerprint density at radius 2 is 1.74 bits per heavy atom. The number of carbonyl (C=O) groups excluding carboxylic acids is 2. The monoisotopic (exact) mass is 625 g/mol. The molecule has 10 heteroatoms. The van der Waals surface area contributed by atoms with Crippen LogP contribution in [0, 0.1) is 19.7 Å². The minimum absolute atomic E-state index is 0.0140. The van der Waals surface area contributed by atoms with Crippen LogP contribution < -0.4 is 20.3 Å². The third-order valence-electron chi connectivity index (χ3n) is 7.87. The molecule has 0 saturated heterocycles. The summed E-state index contributed by atoms with van der Waals surface area (Å²) in [6, 6.07) is 20.2. The van der Waals surface area contributed by atoms with Crippen LogP contribution in [0.15, 0.2) is 72.8 Å². The molecule has 1 aliphatic heterocycles. The number of hydrogen-bond acceptors (Lipinski definition) is 8. The van der Waals surface area contributed by atoms with Gasteiger partial charge in [0.25, 0.3) is 0 Å². The van der Waals surface area contributed by atoms with E-state index in [0.29, 0.717) is 30.4 Å². The van der Waals surface area contributed by atoms with E-state index in [0.717, 1.165) is 33.8 Å². The molecular weight excluding hydrogens is 585 g/mol. The first-order valence-electron chi connectivity index (χ1n) is 15.4. The van der Waals surface area contributed by atoms with Gasteiger partial charge in [0, 0.05) is 29.9 Å². The van der Waals surface area contributed by atoms with Crippen LogP contribution in [0.1, 0.15) is 61.7 Å². The minimum atomic E-state index is -0.940. The van der Waals surface area contributed by atoms with E-state index in [-0.39, 0.29) is 18.3 Å². The van der Waals surface area contributed by atoms with Gasteiger partial charge in [-0.3, -0.25) is 0 Å². The third-order valence-corrected chi connectivity index (χ3v) is 7.87. The molecule has 5 rings (SSSR count). The first kappa shape index (κ1) is 32.4. The molecule has 0 bridgehead atoms. The molecule has 2 atom stereocenters. The van der Waals surface area contributed by atoms with Crippen molar-refractivity contribution in [3.8, 4) is 5.75 Å². The molecular formula is C36H40FN5O4. The van der Waals surface area contributed by atoms with Gasteiger partial charge in [-0.1, -0.05) is 36.4 Å². The first-order chi connectivity index (χ1) is 21.9. The predicted octanol–water partition coefficient (Wildman–Crippen LogP) is 7.14. The number of aromatic nitrogens is 2. The van der Waals surface area contributed by atoms with Gasteiger partial charge in [0.2, 0.25) is 5.95 Å². The van der Waals surface area contributed by atoms with Crippen molar-refractivity contribution in [2.45, 2.75) is 72.1 Å². The van der Waals surface area contributed by atoms with E-state index in [4.69, 9.17) is 14.5 Å². The van der Waals surface area contributed by atoms with Gasteiger partial charge in [-0.15, -0.1) is 0 Å². The fourth-order valence-corrected chi connectivity index (χ4v) is 5.45. The second-order valence-corrected chi connectivity index (χ2v) is 12.5. The van der Waals surface area contributed by atoms with Crippen LogP contribution in [0.4, 0.5) is 26.6 Å². The summed E-state index contributed by atoms with van der Waals surface area (Å²) in [5, 5.41) is 5.88. The van der Waals surface area contributed by atoms with Crippen molar-refractivity contribution >= 4 is 29.5 Å². The fraction of sp³-hybridized carbons (Fsp3) is 0.333. The van der Waals surface area contributed by atoms with E-state index in [9.17, 15) is 14.0 Å². The summed E-state index contributed by atoms with van der Waals surface area (Å²) in [5.74, 6) is 0.787. The van der Waals surface area contributed by atoms with Crippen molar-refractivity contribution in [1.82, 2.24) is 15.3 Å². The Hall–Kier alpha value is -4.99. The number of hydrogen-bond donors (Lipinski definition) is 2. The van der Waals surface area contributed by atoms with Gasteiger partial charge < -0.3 is 25.0 Å². The van der Waals surface area contributed by atoms with Crippen LogP contribution >= 0.6 is 0 Å². The maximum Gasteiger partial charge on any atom is 0.408 e. The second-order valence-electron chi connectivity index (χ2n) is 12.5. The highest BCUT2D eigenvalue weighted by atomic mass is 19.1. The fourth-order valence-electron chi connectivity index (χ4n) is 5.45. The van der Waals surface area contributed by atoms with Gasteiger partial charge >= 0.3 is 12.1 Å². The van der Waals surface area contributed by atoms with Crippen LogP contribution in [-0.4, -0.2) is 40.2 Å². The molecule has 2 unspecified atom stereocenters. The van der Waals surface area contributed by atoms with Crippen molar-refractivity contribution in [1.29, 1.82) is 0 Å². The quantitative estimate of drug-likeness (QED) is 0.157. The molecule has 0 aliphatic carbocycles. The van der Waals surface area contributed by atoms with Crippen molar-refractivity contribution in [2.75, 3.05) is 16.8 Å². The van der Waals surface area contributed by atoms with Crippen LogP contribution in [0.5, 0.6) is 5.75 Å². The molecule has 46 heavy (non-hydrogen) atoms. The average molecular weight is 626 g/mol. The predicted molar refractivity (Wildman–Crippen MR) is 176 cm³/mol. The molecule has 0 radical (unpaired) electrons. The number of nitrogens with zero attached hydrogens (tertiary/aromatic N) is 3. The van der Waals surface area contributed by atoms with Crippen LogP contribution in [0.25, 0.3) is 0 Å². The van der Waals surface area contributed by atoms with Crippen molar-refractivity contribution < 1.29 is 23.5 Å². The zero-order valence-electron chi connectivity index (χ0n) is 27.1. The number of anilines is 3. The molecule has 0 spiro atoms. The maximum absolute atomic E-state index is 13.4. The molecule has 1 aromatic heterocycles. The van der Waals surface area contributed by atoms with E-state index in [1.807, 2.05) is 56.3 Å². The SMILES string of the molecule is Cc1nc(Nc2ccc(F)cc2)nc(N2CCc3cc(OC(=O)C(Cc4ccccc4)NC(=O)OC(C)(C)C)ccc3C2C)c1C. The highest BCUT2D eigenvalue weighted by molar-refractivity contribution is 5.83. The average Bonchev–Trinajstić information content (AvgIpc) is 2.99. The number of esters is 1. The number of rotatable bonds is 8. The Morgan fingerprint density at radius 3 is 2.43 bits per heavy atom. The van der Waals surface area contributed by atoms with Crippen LogP contribution in [0.2, 0.25) is 0 Å². The van der Waals surface area contributed by atoms with E-state index in [1.54, 1.807) is 39.0 Å². The number of aryl methyl sites for hydroxylation is 1. The molecule has 1 aliphatic rings. The lowest BCUT2D eigenvalue weighted by Crippen LogP contribution is -2.46. The van der Waals surface area contributed by atoms with Crippen LogP contribution in [0.3, 0.4) is 0 Å². The van der Waals surface area contributed by atoms with E-state index < -0.39 is 23.7 Å². The number of benzene rings is 3. The summed E-state index contributed by atoms with van der Waals surface area (Å²) in [5.41, 5.74) is 4.86. The zero-order valence-corrected chi connectivity index (χ0v) is 27.1. The number of ether oxygens (including phenoxy) is 2. The lowest BCUT2D eigenvalue weighted by atomic mass is 9.93. The van der Waals surface area contributed by atoms with Crippen molar-refractivity contribution in [3.05, 3.63) is 107 Å². The number of halogens is 1. The minimum Gasteiger partial charge on any atom is -0.444 e. The van der Waals surface area contributed by atoms with E-state index in [1.165, 1.54) is 12.1 Å². The molecule has 0 saturated carbocycles. The van der Waals surface area contributed by atoms with E-state index in [2.05, 4.69) is 27.4 Å². The molecule has 9 nitrogen and oxygen atoms in total. The maximum atomic E-state index is 13.4. The third kappa shape index (κ3) is 7.99. The lowest BCUT2D eigenvalue weighted by Gasteiger charge is -2.37. The summed E-state index contributed by atoms with van der Waals surface area (Å²) in [4.78, 5) is 37.7. The van der Waals surface area contributed by atoms with Crippen molar-refractivity contribution in [2.24, 2.45) is 0 Å². The molecule has 2 N–H and O–H groups in total. The number of amides is 1. The van der Waals surface area contributed by atoms with Crippen molar-refractivity contribution in [3.63, 3.8) is 0 Å². The summed E-state index contributed by atoms with van der Waals surface area (Å²) in [6.45, 7) is 12.1. The number of nitrogens with one attached hydrogen (secondary N) is 2. The van der Waals surface area contributed by atoms with Gasteiger partial charge in [0.15, 0.2) is 0 Å². The van der Waals surface area contributed by atoms with Gasteiger partial charge in [-0.25, -0.2) is 19.0 Å². The summed E-state index contributed by atoms with van der Waals surface area (Å²) in [6.07, 6.45) is 0.277. The molecule has 1 amide bonds. The zero-order chi connectivity index (χ0) is 33.0. The van der Waals surface area contributed by atoms with Gasteiger partial charge in [-0.05, 0) is 101 Å². The Morgan fingerprint density at radius 1 is 1.02 bits per heavy atom.